The molecule has 1 heterocycles. The third kappa shape index (κ3) is 7.60. The number of hydrogen-bond donors (Lipinski definition) is 1. The summed E-state index contributed by atoms with van der Waals surface area (Å²) in [5.74, 6) is -0.162. The lowest BCUT2D eigenvalue weighted by Crippen LogP contribution is -2.47. The van der Waals surface area contributed by atoms with Crippen molar-refractivity contribution in [2.75, 3.05) is 37.6 Å². The van der Waals surface area contributed by atoms with Gasteiger partial charge < -0.3 is 10.2 Å². The Morgan fingerprint density at radius 1 is 1.12 bits per heavy atom. The summed E-state index contributed by atoms with van der Waals surface area (Å²) in [5.41, 5.74) is -0.730. The highest BCUT2D eigenvalue weighted by Crippen LogP contribution is 2.33. The van der Waals surface area contributed by atoms with Crippen molar-refractivity contribution in [1.82, 2.24) is 10.2 Å². The highest BCUT2D eigenvalue weighted by molar-refractivity contribution is 5.76. The molecule has 1 aromatic carbocycles. The molecule has 5 nitrogen and oxygen atoms in total. The number of alkyl halides is 3. The molecule has 33 heavy (non-hydrogen) atoms. The molecule has 182 valence electrons. The maximum atomic E-state index is 14.2. The Balaban J connectivity index is 1.35. The fourth-order valence-electron chi connectivity index (χ4n) is 4.74. The number of hydrogen-bond acceptors (Lipinski definition) is 4. The summed E-state index contributed by atoms with van der Waals surface area (Å²) < 4.78 is 52.5. The van der Waals surface area contributed by atoms with Gasteiger partial charge in [0.05, 0.1) is 17.3 Å². The summed E-state index contributed by atoms with van der Waals surface area (Å²) in [6.45, 7) is 3.65. The Hall–Kier alpha value is -2.34. The number of carbonyl (C=O) groups is 1. The zero-order valence-corrected chi connectivity index (χ0v) is 18.8. The second-order valence-corrected chi connectivity index (χ2v) is 9.08. The van der Waals surface area contributed by atoms with E-state index >= 15 is 0 Å². The molecule has 1 N–H and O–H groups in total. The SMILES string of the molecule is N#CCCCC(=O)N[C@H]1CC[C@H](CCN2CCN(c3ccc(C(F)(F)F)cc3F)CC2)CC1. The van der Waals surface area contributed by atoms with Crippen molar-refractivity contribution >= 4 is 11.6 Å². The monoisotopic (exact) mass is 468 g/mol. The Labute approximate surface area is 192 Å². The van der Waals surface area contributed by atoms with Gasteiger partial charge in [-0.2, -0.15) is 18.4 Å². The first-order valence-electron chi connectivity index (χ1n) is 11.8. The Kier molecular flexibility index (Phi) is 8.95. The number of rotatable bonds is 8. The van der Waals surface area contributed by atoms with Crippen molar-refractivity contribution < 1.29 is 22.4 Å². The van der Waals surface area contributed by atoms with Crippen LogP contribution in [0.15, 0.2) is 18.2 Å². The van der Waals surface area contributed by atoms with E-state index in [9.17, 15) is 22.4 Å². The zero-order chi connectivity index (χ0) is 23.8. The lowest BCUT2D eigenvalue weighted by molar-refractivity contribution is -0.137. The van der Waals surface area contributed by atoms with Crippen LogP contribution in [-0.4, -0.2) is 49.6 Å². The van der Waals surface area contributed by atoms with Gasteiger partial charge in [-0.3, -0.25) is 9.69 Å². The fourth-order valence-corrected chi connectivity index (χ4v) is 4.74. The van der Waals surface area contributed by atoms with Gasteiger partial charge in [-0.25, -0.2) is 4.39 Å². The minimum atomic E-state index is -4.54. The van der Waals surface area contributed by atoms with Crippen molar-refractivity contribution in [3.8, 4) is 6.07 Å². The van der Waals surface area contributed by atoms with Crippen LogP contribution in [0, 0.1) is 23.1 Å². The van der Waals surface area contributed by atoms with Crippen molar-refractivity contribution in [2.24, 2.45) is 5.92 Å². The highest BCUT2D eigenvalue weighted by Gasteiger charge is 2.32. The lowest BCUT2D eigenvalue weighted by Gasteiger charge is -2.37. The number of nitrogens with one attached hydrogen (secondary N) is 1. The van der Waals surface area contributed by atoms with E-state index in [4.69, 9.17) is 5.26 Å². The molecule has 2 aliphatic rings. The maximum Gasteiger partial charge on any atom is 0.416 e. The number of amides is 1. The Bertz CT molecular complexity index is 823. The molecule has 0 radical (unpaired) electrons. The summed E-state index contributed by atoms with van der Waals surface area (Å²) in [4.78, 5) is 16.1. The average Bonchev–Trinajstić information content (AvgIpc) is 2.78. The summed E-state index contributed by atoms with van der Waals surface area (Å²) in [6.07, 6.45) is 2.10. The van der Waals surface area contributed by atoms with Gasteiger partial charge >= 0.3 is 6.18 Å². The largest absolute Gasteiger partial charge is 0.416 e. The topological polar surface area (TPSA) is 59.4 Å². The van der Waals surface area contributed by atoms with E-state index in [1.165, 1.54) is 6.07 Å². The van der Waals surface area contributed by atoms with Gasteiger partial charge in [-0.05, 0) is 69.2 Å². The van der Waals surface area contributed by atoms with E-state index in [2.05, 4.69) is 16.3 Å². The van der Waals surface area contributed by atoms with Crippen LogP contribution in [-0.2, 0) is 11.0 Å². The quantitative estimate of drug-likeness (QED) is 0.443. The van der Waals surface area contributed by atoms with Gasteiger partial charge in [0.15, 0.2) is 0 Å². The van der Waals surface area contributed by atoms with Gasteiger partial charge in [0.1, 0.15) is 5.82 Å². The molecule has 1 aromatic rings. The standard InChI is InChI=1S/C24H32F4N4O/c25-21-17-19(24(26,27)28)6-9-22(21)32-15-13-31(14-16-32)12-10-18-4-7-20(8-5-18)30-23(33)3-1-2-11-29/h6,9,17-18,20H,1-5,7-8,10,12-16H2,(H,30,33)/t18-,20-. The molecule has 0 spiro atoms. The second-order valence-electron chi connectivity index (χ2n) is 9.08. The van der Waals surface area contributed by atoms with Crippen LogP contribution < -0.4 is 10.2 Å². The zero-order valence-electron chi connectivity index (χ0n) is 18.8. The van der Waals surface area contributed by atoms with E-state index in [-0.39, 0.29) is 17.6 Å². The third-order valence-corrected chi connectivity index (χ3v) is 6.75. The molecular formula is C24H32F4N4O. The van der Waals surface area contributed by atoms with E-state index in [1.54, 1.807) is 0 Å². The number of halogens is 4. The van der Waals surface area contributed by atoms with E-state index in [0.29, 0.717) is 44.3 Å². The molecule has 1 amide bonds. The molecule has 0 aromatic heterocycles. The first-order valence-corrected chi connectivity index (χ1v) is 11.8. The number of anilines is 1. The molecule has 1 aliphatic heterocycles. The van der Waals surface area contributed by atoms with Crippen LogP contribution in [0.1, 0.15) is 56.9 Å². The highest BCUT2D eigenvalue weighted by atomic mass is 19.4. The van der Waals surface area contributed by atoms with Gasteiger partial charge in [-0.15, -0.1) is 0 Å². The number of nitrogens with zero attached hydrogens (tertiary/aromatic N) is 3. The van der Waals surface area contributed by atoms with Crippen molar-refractivity contribution in [3.63, 3.8) is 0 Å². The van der Waals surface area contributed by atoms with Crippen LogP contribution >= 0.6 is 0 Å². The van der Waals surface area contributed by atoms with Gasteiger partial charge in [0.2, 0.25) is 5.91 Å². The van der Waals surface area contributed by atoms with Crippen molar-refractivity contribution in [2.45, 2.75) is 63.6 Å². The minimum Gasteiger partial charge on any atom is -0.367 e. The fraction of sp³-hybridized carbons (Fsp3) is 0.667. The molecule has 1 aliphatic carbocycles. The molecule has 1 saturated carbocycles. The van der Waals surface area contributed by atoms with Crippen LogP contribution in [0.5, 0.6) is 0 Å². The normalized spacial score (nSPS) is 22.1. The summed E-state index contributed by atoms with van der Waals surface area (Å²) in [5, 5.41) is 11.6. The Morgan fingerprint density at radius 2 is 1.82 bits per heavy atom. The number of piperazine rings is 1. The predicted octanol–water partition coefficient (Wildman–Crippen LogP) is 4.73. The number of benzene rings is 1. The van der Waals surface area contributed by atoms with E-state index in [0.717, 1.165) is 57.8 Å². The third-order valence-electron chi connectivity index (χ3n) is 6.75. The van der Waals surface area contributed by atoms with Gasteiger partial charge in [0.25, 0.3) is 0 Å². The average molecular weight is 469 g/mol. The minimum absolute atomic E-state index is 0.0380. The summed E-state index contributed by atoms with van der Waals surface area (Å²) in [7, 11) is 0. The molecule has 0 atom stereocenters. The van der Waals surface area contributed by atoms with Crippen LogP contribution in [0.2, 0.25) is 0 Å². The first-order chi connectivity index (χ1) is 15.8. The van der Waals surface area contributed by atoms with Crippen molar-refractivity contribution in [1.29, 1.82) is 5.26 Å². The molecule has 2 fully saturated rings. The summed E-state index contributed by atoms with van der Waals surface area (Å²) in [6, 6.07) is 5.03. The van der Waals surface area contributed by atoms with Crippen molar-refractivity contribution in [3.05, 3.63) is 29.6 Å². The first kappa shape index (κ1) is 25.3. The second kappa shape index (κ2) is 11.7. The van der Waals surface area contributed by atoms with E-state index in [1.807, 2.05) is 4.90 Å². The van der Waals surface area contributed by atoms with Crippen LogP contribution in [0.3, 0.4) is 0 Å². The molecule has 9 heteroatoms. The summed E-state index contributed by atoms with van der Waals surface area (Å²) >= 11 is 0. The lowest BCUT2D eigenvalue weighted by atomic mass is 9.84. The van der Waals surface area contributed by atoms with Gasteiger partial charge in [0, 0.05) is 45.1 Å². The predicted molar refractivity (Wildman–Crippen MR) is 118 cm³/mol. The van der Waals surface area contributed by atoms with Crippen LogP contribution in [0.4, 0.5) is 23.2 Å². The molecule has 0 bridgehead atoms. The smallest absolute Gasteiger partial charge is 0.367 e. The van der Waals surface area contributed by atoms with Crippen LogP contribution in [0.25, 0.3) is 0 Å². The number of unbranched alkanes of at least 4 members (excludes halogenated alkanes) is 1. The molecule has 3 rings (SSSR count). The number of nitriles is 1. The molecule has 1 saturated heterocycles. The van der Waals surface area contributed by atoms with Gasteiger partial charge in [-0.1, -0.05) is 0 Å². The van der Waals surface area contributed by atoms with E-state index < -0.39 is 17.6 Å². The molecular weight excluding hydrogens is 436 g/mol. The Morgan fingerprint density at radius 3 is 2.42 bits per heavy atom. The number of carbonyl (C=O) groups excluding carboxylic acids is 1. The maximum absolute atomic E-state index is 14.2. The molecule has 0 unspecified atom stereocenters.